The Morgan fingerprint density at radius 3 is 2.87 bits per heavy atom. The van der Waals surface area contributed by atoms with Gasteiger partial charge in [-0.25, -0.2) is 9.97 Å². The summed E-state index contributed by atoms with van der Waals surface area (Å²) in [6.45, 7) is 0.736. The van der Waals surface area contributed by atoms with E-state index in [-0.39, 0.29) is 0 Å². The van der Waals surface area contributed by atoms with Gasteiger partial charge in [0, 0.05) is 30.1 Å². The molecule has 1 aliphatic carbocycles. The lowest BCUT2D eigenvalue weighted by molar-refractivity contribution is 0.687. The molecule has 2 aromatic heterocycles. The first kappa shape index (κ1) is 14.2. The van der Waals surface area contributed by atoms with E-state index in [4.69, 9.17) is 11.6 Å². The zero-order valence-corrected chi connectivity index (χ0v) is 13.2. The maximum atomic E-state index is 6.11. The van der Waals surface area contributed by atoms with Gasteiger partial charge in [-0.3, -0.25) is 4.68 Å². The van der Waals surface area contributed by atoms with Crippen LogP contribution in [0.5, 0.6) is 0 Å². The summed E-state index contributed by atoms with van der Waals surface area (Å²) in [6.07, 6.45) is 6.04. The lowest BCUT2D eigenvalue weighted by atomic mass is 10.2. The molecule has 1 aromatic carbocycles. The van der Waals surface area contributed by atoms with Crippen LogP contribution >= 0.6 is 11.6 Å². The second-order valence-electron chi connectivity index (χ2n) is 5.74. The standard InChI is InChI=1S/C17H16ClN5/c18-15-10-16(22-17(21-15)13-5-6-13)20-14-4-1-3-12(9-14)11-23-8-2-7-19-23/h1-4,7-10,13H,5-6,11H2,(H,20,21,22). The molecule has 1 N–H and O–H groups in total. The number of hydrogen-bond acceptors (Lipinski definition) is 4. The van der Waals surface area contributed by atoms with Gasteiger partial charge in [-0.15, -0.1) is 0 Å². The fourth-order valence-corrected chi connectivity index (χ4v) is 2.69. The van der Waals surface area contributed by atoms with Gasteiger partial charge in [-0.1, -0.05) is 23.7 Å². The minimum Gasteiger partial charge on any atom is -0.340 e. The van der Waals surface area contributed by atoms with Crippen molar-refractivity contribution in [1.29, 1.82) is 0 Å². The van der Waals surface area contributed by atoms with E-state index in [2.05, 4.69) is 32.5 Å². The van der Waals surface area contributed by atoms with Crippen LogP contribution in [0, 0.1) is 0 Å². The predicted octanol–water partition coefficient (Wildman–Crippen LogP) is 4.00. The Hall–Kier alpha value is -2.40. The van der Waals surface area contributed by atoms with Crippen LogP contribution in [-0.2, 0) is 6.54 Å². The van der Waals surface area contributed by atoms with E-state index in [1.807, 2.05) is 29.1 Å². The van der Waals surface area contributed by atoms with Gasteiger partial charge in [-0.05, 0) is 36.6 Å². The molecular formula is C17H16ClN5. The van der Waals surface area contributed by atoms with E-state index in [1.54, 1.807) is 12.3 Å². The van der Waals surface area contributed by atoms with Crippen molar-refractivity contribution in [1.82, 2.24) is 19.7 Å². The van der Waals surface area contributed by atoms with Crippen molar-refractivity contribution < 1.29 is 0 Å². The van der Waals surface area contributed by atoms with Gasteiger partial charge in [0.25, 0.3) is 0 Å². The number of rotatable bonds is 5. The smallest absolute Gasteiger partial charge is 0.135 e. The third kappa shape index (κ3) is 3.51. The van der Waals surface area contributed by atoms with Crippen molar-refractivity contribution >= 4 is 23.1 Å². The zero-order valence-electron chi connectivity index (χ0n) is 12.5. The maximum Gasteiger partial charge on any atom is 0.135 e. The van der Waals surface area contributed by atoms with E-state index in [1.165, 1.54) is 5.56 Å². The highest BCUT2D eigenvalue weighted by atomic mass is 35.5. The van der Waals surface area contributed by atoms with Gasteiger partial charge in [0.2, 0.25) is 0 Å². The van der Waals surface area contributed by atoms with Crippen molar-refractivity contribution in [3.8, 4) is 0 Å². The summed E-state index contributed by atoms with van der Waals surface area (Å²) in [7, 11) is 0. The topological polar surface area (TPSA) is 55.6 Å². The molecule has 6 heteroatoms. The Morgan fingerprint density at radius 1 is 1.17 bits per heavy atom. The van der Waals surface area contributed by atoms with Crippen LogP contribution in [0.15, 0.2) is 48.8 Å². The molecule has 5 nitrogen and oxygen atoms in total. The molecule has 0 aliphatic heterocycles. The molecule has 0 radical (unpaired) electrons. The third-order valence-electron chi connectivity index (χ3n) is 3.76. The van der Waals surface area contributed by atoms with Crippen LogP contribution in [-0.4, -0.2) is 19.7 Å². The Morgan fingerprint density at radius 2 is 2.09 bits per heavy atom. The highest BCUT2D eigenvalue weighted by Gasteiger charge is 2.27. The third-order valence-corrected chi connectivity index (χ3v) is 3.95. The van der Waals surface area contributed by atoms with Crippen LogP contribution in [0.4, 0.5) is 11.5 Å². The van der Waals surface area contributed by atoms with Gasteiger partial charge >= 0.3 is 0 Å². The van der Waals surface area contributed by atoms with Crippen LogP contribution in [0.3, 0.4) is 0 Å². The van der Waals surface area contributed by atoms with E-state index in [9.17, 15) is 0 Å². The molecule has 1 aliphatic rings. The Kier molecular flexibility index (Phi) is 3.71. The predicted molar refractivity (Wildman–Crippen MR) is 90.1 cm³/mol. The molecule has 0 unspecified atom stereocenters. The zero-order chi connectivity index (χ0) is 15.6. The molecule has 0 spiro atoms. The Balaban J connectivity index is 1.54. The molecule has 23 heavy (non-hydrogen) atoms. The number of hydrogen-bond donors (Lipinski definition) is 1. The van der Waals surface area contributed by atoms with Gasteiger partial charge in [0.1, 0.15) is 16.8 Å². The summed E-state index contributed by atoms with van der Waals surface area (Å²) < 4.78 is 1.89. The average molecular weight is 326 g/mol. The molecule has 1 fully saturated rings. The van der Waals surface area contributed by atoms with Crippen molar-refractivity contribution in [3.05, 3.63) is 65.3 Å². The van der Waals surface area contributed by atoms with Crippen molar-refractivity contribution in [2.45, 2.75) is 25.3 Å². The summed E-state index contributed by atoms with van der Waals surface area (Å²) >= 11 is 6.11. The van der Waals surface area contributed by atoms with Crippen LogP contribution in [0.1, 0.15) is 30.1 Å². The molecule has 0 amide bonds. The van der Waals surface area contributed by atoms with E-state index in [0.29, 0.717) is 11.1 Å². The molecule has 0 saturated heterocycles. The van der Waals surface area contributed by atoms with Crippen molar-refractivity contribution in [3.63, 3.8) is 0 Å². The summed E-state index contributed by atoms with van der Waals surface area (Å²) in [5.41, 5.74) is 2.15. The number of nitrogens with zero attached hydrogens (tertiary/aromatic N) is 4. The van der Waals surface area contributed by atoms with Gasteiger partial charge in [0.05, 0.1) is 6.54 Å². The first-order chi connectivity index (χ1) is 11.3. The monoisotopic (exact) mass is 325 g/mol. The first-order valence-corrected chi connectivity index (χ1v) is 8.02. The quantitative estimate of drug-likeness (QED) is 0.720. The lowest BCUT2D eigenvalue weighted by Crippen LogP contribution is -2.02. The average Bonchev–Trinajstić information content (AvgIpc) is 3.26. The van der Waals surface area contributed by atoms with Crippen LogP contribution in [0.25, 0.3) is 0 Å². The molecule has 0 atom stereocenters. The van der Waals surface area contributed by atoms with Crippen LogP contribution < -0.4 is 5.32 Å². The molecule has 116 valence electrons. The normalized spacial score (nSPS) is 14.0. The molecular weight excluding hydrogens is 310 g/mol. The van der Waals surface area contributed by atoms with Gasteiger partial charge < -0.3 is 5.32 Å². The highest BCUT2D eigenvalue weighted by molar-refractivity contribution is 6.29. The number of benzene rings is 1. The number of anilines is 2. The summed E-state index contributed by atoms with van der Waals surface area (Å²) in [5.74, 6) is 2.05. The largest absolute Gasteiger partial charge is 0.340 e. The minimum atomic E-state index is 0.473. The molecule has 1 saturated carbocycles. The van der Waals surface area contributed by atoms with Gasteiger partial charge in [0.15, 0.2) is 0 Å². The second-order valence-corrected chi connectivity index (χ2v) is 6.12. The second kappa shape index (κ2) is 6.01. The van der Waals surface area contributed by atoms with Crippen molar-refractivity contribution in [2.75, 3.05) is 5.32 Å². The fraction of sp³-hybridized carbons (Fsp3) is 0.235. The molecule has 0 bridgehead atoms. The summed E-state index contributed by atoms with van der Waals surface area (Å²) in [5, 5.41) is 8.04. The highest BCUT2D eigenvalue weighted by Crippen LogP contribution is 2.39. The molecule has 3 aromatic rings. The SMILES string of the molecule is Clc1cc(Nc2cccc(Cn3cccn3)c2)nc(C2CC2)n1. The fourth-order valence-electron chi connectivity index (χ4n) is 2.50. The Labute approximate surface area is 139 Å². The van der Waals surface area contributed by atoms with E-state index < -0.39 is 0 Å². The minimum absolute atomic E-state index is 0.473. The first-order valence-electron chi connectivity index (χ1n) is 7.64. The Bertz CT molecular complexity index is 812. The number of aromatic nitrogens is 4. The molecule has 4 rings (SSSR count). The lowest BCUT2D eigenvalue weighted by Gasteiger charge is -2.09. The van der Waals surface area contributed by atoms with E-state index >= 15 is 0 Å². The summed E-state index contributed by atoms with van der Waals surface area (Å²) in [6, 6.07) is 11.9. The number of halogens is 1. The van der Waals surface area contributed by atoms with E-state index in [0.717, 1.165) is 36.7 Å². The van der Waals surface area contributed by atoms with Crippen molar-refractivity contribution in [2.24, 2.45) is 0 Å². The van der Waals surface area contributed by atoms with Gasteiger partial charge in [-0.2, -0.15) is 5.10 Å². The maximum absolute atomic E-state index is 6.11. The number of nitrogens with one attached hydrogen (secondary N) is 1. The molecule has 2 heterocycles. The summed E-state index contributed by atoms with van der Waals surface area (Å²) in [4.78, 5) is 8.88. The van der Waals surface area contributed by atoms with Crippen LogP contribution in [0.2, 0.25) is 5.15 Å².